The number of nitrogens with two attached hydrogens (primary N) is 1. The predicted octanol–water partition coefficient (Wildman–Crippen LogP) is 2.43. The number of nitrogens with one attached hydrogen (secondary N) is 1. The van der Waals surface area contributed by atoms with Gasteiger partial charge in [0.25, 0.3) is 11.8 Å². The fraction of sp³-hybridized carbons (Fsp3) is 0.400. The second kappa shape index (κ2) is 10.7. The van der Waals surface area contributed by atoms with Crippen molar-refractivity contribution in [2.75, 3.05) is 33.4 Å². The molecule has 1 atom stereocenters. The van der Waals surface area contributed by atoms with Gasteiger partial charge in [-0.15, -0.1) is 0 Å². The molecule has 0 spiro atoms. The first-order valence-electron chi connectivity index (χ1n) is 9.13. The Hall–Kier alpha value is -2.58. The second-order valence-electron chi connectivity index (χ2n) is 6.12. The smallest absolute Gasteiger partial charge is 0.255 e. The summed E-state index contributed by atoms with van der Waals surface area (Å²) in [6.45, 7) is 6.26. The third-order valence-corrected chi connectivity index (χ3v) is 5.13. The van der Waals surface area contributed by atoms with Crippen molar-refractivity contribution >= 4 is 23.2 Å². The Morgan fingerprint density at radius 2 is 1.96 bits per heavy atom. The number of rotatable bonds is 11. The molecule has 1 aromatic carbocycles. The number of carbonyl (C=O) groups excluding carboxylic acids is 2. The third kappa shape index (κ3) is 5.71. The number of primary amides is 1. The summed E-state index contributed by atoms with van der Waals surface area (Å²) in [5.41, 5.74) is 6.74. The van der Waals surface area contributed by atoms with Gasteiger partial charge in [0.2, 0.25) is 0 Å². The van der Waals surface area contributed by atoms with Crippen LogP contribution in [0.3, 0.4) is 0 Å². The highest BCUT2D eigenvalue weighted by atomic mass is 32.1. The maximum absolute atomic E-state index is 12.7. The Morgan fingerprint density at radius 3 is 2.54 bits per heavy atom. The first-order chi connectivity index (χ1) is 13.5. The summed E-state index contributed by atoms with van der Waals surface area (Å²) in [6.07, 6.45) is 0. The van der Waals surface area contributed by atoms with Crippen LogP contribution in [-0.2, 0) is 4.79 Å². The summed E-state index contributed by atoms with van der Waals surface area (Å²) >= 11 is 1.65. The lowest BCUT2D eigenvalue weighted by Gasteiger charge is -2.29. The van der Waals surface area contributed by atoms with Gasteiger partial charge in [0.15, 0.2) is 18.1 Å². The largest absolute Gasteiger partial charge is 0.493 e. The van der Waals surface area contributed by atoms with E-state index in [0.29, 0.717) is 23.6 Å². The maximum atomic E-state index is 12.7. The first kappa shape index (κ1) is 21.7. The quantitative estimate of drug-likeness (QED) is 0.599. The molecule has 0 radical (unpaired) electrons. The molecule has 3 N–H and O–H groups in total. The number of methoxy groups -OCH3 is 1. The number of thiophene rings is 1. The molecule has 0 saturated carbocycles. The fourth-order valence-corrected chi connectivity index (χ4v) is 3.66. The number of carbonyl (C=O) groups is 2. The van der Waals surface area contributed by atoms with Crippen molar-refractivity contribution in [2.24, 2.45) is 5.73 Å². The molecule has 1 aromatic heterocycles. The van der Waals surface area contributed by atoms with Gasteiger partial charge in [-0.05, 0) is 53.7 Å². The highest BCUT2D eigenvalue weighted by molar-refractivity contribution is 7.07. The molecule has 0 bridgehead atoms. The molecule has 0 aliphatic heterocycles. The molecule has 28 heavy (non-hydrogen) atoms. The molecule has 8 heteroatoms. The number of ether oxygens (including phenoxy) is 2. The Labute approximate surface area is 169 Å². The molecule has 0 aliphatic rings. The van der Waals surface area contributed by atoms with Crippen LogP contribution in [0.4, 0.5) is 0 Å². The molecule has 2 aromatic rings. The van der Waals surface area contributed by atoms with Crippen molar-refractivity contribution in [3.8, 4) is 11.5 Å². The summed E-state index contributed by atoms with van der Waals surface area (Å²) in [5, 5.41) is 7.17. The number of hydrogen-bond acceptors (Lipinski definition) is 6. The SMILES string of the molecule is CCN(CC)C(CNC(=O)c1ccc(OCC(N)=O)c(OC)c1)c1ccsc1. The van der Waals surface area contributed by atoms with E-state index in [1.807, 2.05) is 5.38 Å². The normalized spacial score (nSPS) is 11.9. The van der Waals surface area contributed by atoms with Crippen LogP contribution < -0.4 is 20.5 Å². The van der Waals surface area contributed by atoms with Gasteiger partial charge < -0.3 is 20.5 Å². The van der Waals surface area contributed by atoms with Gasteiger partial charge in [-0.25, -0.2) is 0 Å². The fourth-order valence-electron chi connectivity index (χ4n) is 2.96. The van der Waals surface area contributed by atoms with E-state index in [2.05, 4.69) is 35.5 Å². The van der Waals surface area contributed by atoms with Gasteiger partial charge in [0.1, 0.15) is 0 Å². The zero-order chi connectivity index (χ0) is 20.5. The zero-order valence-corrected chi connectivity index (χ0v) is 17.3. The highest BCUT2D eigenvalue weighted by Crippen LogP contribution is 2.28. The average molecular weight is 406 g/mol. The van der Waals surface area contributed by atoms with Gasteiger partial charge >= 0.3 is 0 Å². The Morgan fingerprint density at radius 1 is 1.21 bits per heavy atom. The molecule has 1 unspecified atom stereocenters. The van der Waals surface area contributed by atoms with Crippen molar-refractivity contribution in [2.45, 2.75) is 19.9 Å². The van der Waals surface area contributed by atoms with Gasteiger partial charge in [0, 0.05) is 12.1 Å². The van der Waals surface area contributed by atoms with E-state index in [4.69, 9.17) is 15.2 Å². The Kier molecular flexibility index (Phi) is 8.28. The van der Waals surface area contributed by atoms with Gasteiger partial charge in [0.05, 0.1) is 13.2 Å². The lowest BCUT2D eigenvalue weighted by molar-refractivity contribution is -0.119. The topological polar surface area (TPSA) is 93.9 Å². The molecule has 0 saturated heterocycles. The number of amides is 2. The molecular formula is C20H27N3O4S. The average Bonchev–Trinajstić information content (AvgIpc) is 3.23. The third-order valence-electron chi connectivity index (χ3n) is 4.43. The molecule has 2 amide bonds. The van der Waals surface area contributed by atoms with Crippen molar-refractivity contribution in [1.29, 1.82) is 0 Å². The molecule has 0 fully saturated rings. The van der Waals surface area contributed by atoms with Gasteiger partial charge in [-0.2, -0.15) is 11.3 Å². The van der Waals surface area contributed by atoms with Gasteiger partial charge in [-0.3, -0.25) is 14.5 Å². The molecule has 0 aliphatic carbocycles. The van der Waals surface area contributed by atoms with Crippen LogP contribution in [0, 0.1) is 0 Å². The first-order valence-corrected chi connectivity index (χ1v) is 10.1. The zero-order valence-electron chi connectivity index (χ0n) is 16.4. The molecule has 7 nitrogen and oxygen atoms in total. The minimum atomic E-state index is -0.584. The van der Waals surface area contributed by atoms with E-state index in [-0.39, 0.29) is 18.6 Å². The van der Waals surface area contributed by atoms with Crippen LogP contribution in [0.25, 0.3) is 0 Å². The van der Waals surface area contributed by atoms with E-state index in [0.717, 1.165) is 13.1 Å². The van der Waals surface area contributed by atoms with E-state index in [1.165, 1.54) is 12.7 Å². The molecule has 2 rings (SSSR count). The summed E-state index contributed by atoms with van der Waals surface area (Å²) < 4.78 is 10.6. The number of nitrogens with zero attached hydrogens (tertiary/aromatic N) is 1. The van der Waals surface area contributed by atoms with Crippen LogP contribution in [0.1, 0.15) is 35.8 Å². The van der Waals surface area contributed by atoms with Crippen LogP contribution in [0.2, 0.25) is 0 Å². The van der Waals surface area contributed by atoms with Crippen LogP contribution in [0.15, 0.2) is 35.0 Å². The number of benzene rings is 1. The molecule has 1 heterocycles. The van der Waals surface area contributed by atoms with E-state index in [9.17, 15) is 9.59 Å². The van der Waals surface area contributed by atoms with Crippen LogP contribution in [0.5, 0.6) is 11.5 Å². The van der Waals surface area contributed by atoms with Gasteiger partial charge in [-0.1, -0.05) is 13.8 Å². The molecular weight excluding hydrogens is 378 g/mol. The summed E-state index contributed by atoms with van der Waals surface area (Å²) in [6, 6.07) is 7.02. The maximum Gasteiger partial charge on any atom is 0.255 e. The van der Waals surface area contributed by atoms with E-state index >= 15 is 0 Å². The van der Waals surface area contributed by atoms with Crippen LogP contribution >= 0.6 is 11.3 Å². The highest BCUT2D eigenvalue weighted by Gasteiger charge is 2.20. The van der Waals surface area contributed by atoms with Crippen molar-refractivity contribution in [3.05, 3.63) is 46.2 Å². The minimum absolute atomic E-state index is 0.116. The molecule has 152 valence electrons. The van der Waals surface area contributed by atoms with E-state index < -0.39 is 5.91 Å². The monoisotopic (exact) mass is 405 g/mol. The lowest BCUT2D eigenvalue weighted by Crippen LogP contribution is -2.37. The van der Waals surface area contributed by atoms with Crippen molar-refractivity contribution < 1.29 is 19.1 Å². The van der Waals surface area contributed by atoms with Crippen LogP contribution in [-0.4, -0.2) is 50.1 Å². The van der Waals surface area contributed by atoms with Crippen molar-refractivity contribution in [3.63, 3.8) is 0 Å². The van der Waals surface area contributed by atoms with E-state index in [1.54, 1.807) is 29.5 Å². The lowest BCUT2D eigenvalue weighted by atomic mass is 10.1. The Bertz CT molecular complexity index is 776. The summed E-state index contributed by atoms with van der Waals surface area (Å²) in [5.74, 6) is -0.0592. The second-order valence-corrected chi connectivity index (χ2v) is 6.90. The summed E-state index contributed by atoms with van der Waals surface area (Å²) in [4.78, 5) is 25.9. The summed E-state index contributed by atoms with van der Waals surface area (Å²) in [7, 11) is 1.47. The minimum Gasteiger partial charge on any atom is -0.493 e. The Balaban J connectivity index is 2.09. The van der Waals surface area contributed by atoms with Crippen molar-refractivity contribution in [1.82, 2.24) is 10.2 Å². The number of hydrogen-bond donors (Lipinski definition) is 2. The standard InChI is InChI=1S/C20H27N3O4S/c1-4-23(5-2)16(15-8-9-28-13-15)11-22-20(25)14-6-7-17(18(10-14)26-3)27-12-19(21)24/h6-10,13,16H,4-5,11-12H2,1-3H3,(H2,21,24)(H,22,25). The predicted molar refractivity (Wildman–Crippen MR) is 110 cm³/mol. The number of likely N-dealkylation sites (N-methyl/N-ethyl adjacent to an activating group) is 1.